The summed E-state index contributed by atoms with van der Waals surface area (Å²) in [6.07, 6.45) is 0. The van der Waals surface area contributed by atoms with E-state index in [4.69, 9.17) is 14.2 Å². The van der Waals surface area contributed by atoms with Gasteiger partial charge in [0.25, 0.3) is 5.91 Å². The minimum Gasteiger partial charge on any atom is -0.484 e. The van der Waals surface area contributed by atoms with Gasteiger partial charge >= 0.3 is 0 Å². The average molecular weight is 452 g/mol. The predicted octanol–water partition coefficient (Wildman–Crippen LogP) is 4.19. The quantitative estimate of drug-likeness (QED) is 0.472. The number of nitrogens with zero attached hydrogens (tertiary/aromatic N) is 3. The van der Waals surface area contributed by atoms with Gasteiger partial charge in [-0.15, -0.1) is 11.3 Å². The van der Waals surface area contributed by atoms with Crippen molar-refractivity contribution in [1.82, 2.24) is 14.8 Å². The Hall–Kier alpha value is -3.92. The lowest BCUT2D eigenvalue weighted by atomic mass is 10.1. The van der Waals surface area contributed by atoms with E-state index in [-0.39, 0.29) is 25.1 Å². The van der Waals surface area contributed by atoms with Gasteiger partial charge in [-0.3, -0.25) is 4.79 Å². The summed E-state index contributed by atoms with van der Waals surface area (Å²) in [5, 5.41) is 9.74. The number of hydrogen-bond donors (Lipinski definition) is 1. The Balaban J connectivity index is 1.31. The fourth-order valence-electron chi connectivity index (χ4n) is 3.14. The van der Waals surface area contributed by atoms with Crippen LogP contribution in [0.3, 0.4) is 0 Å². The lowest BCUT2D eigenvalue weighted by Crippen LogP contribution is -2.21. The molecule has 8 nitrogen and oxygen atoms in total. The molecular weight excluding hydrogens is 435 g/mol. The van der Waals surface area contributed by atoms with Crippen LogP contribution in [-0.2, 0) is 4.79 Å². The number of thiazole rings is 1. The molecule has 2 aromatic heterocycles. The van der Waals surface area contributed by atoms with Crippen LogP contribution in [0.25, 0.3) is 16.4 Å². The van der Waals surface area contributed by atoms with Crippen LogP contribution in [0.2, 0.25) is 0 Å². The van der Waals surface area contributed by atoms with Crippen molar-refractivity contribution in [3.8, 4) is 33.6 Å². The smallest absolute Gasteiger partial charge is 0.263 e. The van der Waals surface area contributed by atoms with Gasteiger partial charge in [-0.2, -0.15) is 9.78 Å². The molecule has 0 atom stereocenters. The van der Waals surface area contributed by atoms with Crippen molar-refractivity contribution in [3.63, 3.8) is 0 Å². The van der Waals surface area contributed by atoms with E-state index < -0.39 is 0 Å². The normalized spacial score (nSPS) is 12.1. The zero-order valence-electron chi connectivity index (χ0n) is 16.9. The number of nitrogens with one attached hydrogen (secondary N) is 1. The molecule has 10 heteroatoms. The van der Waals surface area contributed by atoms with Gasteiger partial charge in [0.15, 0.2) is 18.1 Å². The molecule has 3 heterocycles. The highest BCUT2D eigenvalue weighted by Crippen LogP contribution is 2.36. The van der Waals surface area contributed by atoms with Crippen LogP contribution >= 0.6 is 11.3 Å². The highest BCUT2D eigenvalue weighted by molar-refractivity contribution is 7.12. The second-order valence-corrected chi connectivity index (χ2v) is 7.79. The van der Waals surface area contributed by atoms with Crippen molar-refractivity contribution >= 4 is 23.1 Å². The summed E-state index contributed by atoms with van der Waals surface area (Å²) in [5.74, 6) is 1.52. The molecule has 32 heavy (non-hydrogen) atoms. The van der Waals surface area contributed by atoms with Crippen LogP contribution in [0.5, 0.6) is 17.2 Å². The van der Waals surface area contributed by atoms with Gasteiger partial charge in [0.2, 0.25) is 11.9 Å². The fourth-order valence-corrected chi connectivity index (χ4v) is 3.94. The van der Waals surface area contributed by atoms with E-state index in [1.54, 1.807) is 10.7 Å². The molecule has 1 N–H and O–H groups in total. The van der Waals surface area contributed by atoms with Crippen LogP contribution in [0.15, 0.2) is 53.9 Å². The number of aromatic nitrogens is 3. The summed E-state index contributed by atoms with van der Waals surface area (Å²) in [7, 11) is 0. The maximum Gasteiger partial charge on any atom is 0.263 e. The van der Waals surface area contributed by atoms with Gasteiger partial charge in [0.1, 0.15) is 17.4 Å². The summed E-state index contributed by atoms with van der Waals surface area (Å²) < 4.78 is 30.8. The van der Waals surface area contributed by atoms with Crippen molar-refractivity contribution in [3.05, 3.63) is 65.4 Å². The number of carbonyl (C=O) groups is 1. The Morgan fingerprint density at radius 3 is 2.84 bits per heavy atom. The number of ether oxygens (including phenoxy) is 3. The number of halogens is 1. The van der Waals surface area contributed by atoms with Crippen LogP contribution in [0.1, 0.15) is 5.69 Å². The fraction of sp³-hybridized carbons (Fsp3) is 0.136. The van der Waals surface area contributed by atoms with Crippen molar-refractivity contribution < 1.29 is 23.4 Å². The molecule has 1 amide bonds. The summed E-state index contributed by atoms with van der Waals surface area (Å²) in [6, 6.07) is 12.9. The molecule has 5 rings (SSSR count). The highest BCUT2D eigenvalue weighted by Gasteiger charge is 2.17. The van der Waals surface area contributed by atoms with Crippen molar-refractivity contribution in [2.75, 3.05) is 18.7 Å². The second kappa shape index (κ2) is 8.31. The number of amides is 1. The monoisotopic (exact) mass is 452 g/mol. The van der Waals surface area contributed by atoms with E-state index in [1.165, 1.54) is 35.6 Å². The molecule has 1 aliphatic heterocycles. The molecule has 162 valence electrons. The molecule has 0 unspecified atom stereocenters. The molecule has 0 radical (unpaired) electrons. The zero-order chi connectivity index (χ0) is 22.1. The van der Waals surface area contributed by atoms with Gasteiger partial charge in [-0.25, -0.2) is 9.37 Å². The number of benzene rings is 2. The number of anilines is 1. The topological polar surface area (TPSA) is 87.5 Å². The van der Waals surface area contributed by atoms with E-state index in [1.807, 2.05) is 30.5 Å². The van der Waals surface area contributed by atoms with Crippen LogP contribution in [0, 0.1) is 12.7 Å². The maximum atomic E-state index is 13.0. The van der Waals surface area contributed by atoms with Gasteiger partial charge < -0.3 is 19.5 Å². The Bertz CT molecular complexity index is 1290. The molecule has 1 aliphatic rings. The third kappa shape index (κ3) is 4.12. The third-order valence-corrected chi connectivity index (χ3v) is 5.44. The Morgan fingerprint density at radius 1 is 1.19 bits per heavy atom. The van der Waals surface area contributed by atoms with Gasteiger partial charge in [-0.1, -0.05) is 0 Å². The summed E-state index contributed by atoms with van der Waals surface area (Å²) in [5.41, 5.74) is 2.37. The minimum atomic E-state index is -0.372. The molecule has 0 spiro atoms. The first-order chi connectivity index (χ1) is 15.5. The Morgan fingerprint density at radius 2 is 2.00 bits per heavy atom. The molecular formula is C22H17FN4O4S. The van der Waals surface area contributed by atoms with E-state index in [0.717, 1.165) is 17.0 Å². The molecule has 0 saturated carbocycles. The SMILES string of the molecule is Cc1cc(NC(=O)COc2ccc(F)cc2)n(-c2nc(-c3ccc4c(c3)OCO4)cs2)n1. The van der Waals surface area contributed by atoms with E-state index >= 15 is 0 Å². The molecule has 4 aromatic rings. The molecule has 0 bridgehead atoms. The van der Waals surface area contributed by atoms with Crippen molar-refractivity contribution in [2.45, 2.75) is 6.92 Å². The molecule has 0 aliphatic carbocycles. The van der Waals surface area contributed by atoms with Crippen molar-refractivity contribution in [1.29, 1.82) is 0 Å². The number of carbonyl (C=O) groups excluding carboxylic acids is 1. The van der Waals surface area contributed by atoms with E-state index in [9.17, 15) is 9.18 Å². The van der Waals surface area contributed by atoms with E-state index in [2.05, 4.69) is 15.4 Å². The number of aryl methyl sites for hydroxylation is 1. The third-order valence-electron chi connectivity index (χ3n) is 4.62. The van der Waals surface area contributed by atoms with Gasteiger partial charge in [0, 0.05) is 17.0 Å². The molecule has 0 fully saturated rings. The van der Waals surface area contributed by atoms with Crippen LogP contribution in [0.4, 0.5) is 10.2 Å². The average Bonchev–Trinajstić information content (AvgIpc) is 3.52. The zero-order valence-corrected chi connectivity index (χ0v) is 17.7. The van der Waals surface area contributed by atoms with Crippen molar-refractivity contribution in [2.24, 2.45) is 0 Å². The first-order valence-corrected chi connectivity index (χ1v) is 10.5. The van der Waals surface area contributed by atoms with Crippen LogP contribution < -0.4 is 19.5 Å². The summed E-state index contributed by atoms with van der Waals surface area (Å²) >= 11 is 1.40. The standard InChI is InChI=1S/C22H17FN4O4S/c1-13-8-20(25-21(28)10-29-16-5-3-15(23)4-6-16)27(26-13)22-24-17(11-32-22)14-2-7-18-19(9-14)31-12-30-18/h2-9,11H,10,12H2,1H3,(H,25,28). The largest absolute Gasteiger partial charge is 0.484 e. The lowest BCUT2D eigenvalue weighted by Gasteiger charge is -2.08. The Kier molecular flexibility index (Phi) is 5.20. The summed E-state index contributed by atoms with van der Waals surface area (Å²) in [6.45, 7) is 1.81. The first kappa shape index (κ1) is 20.0. The predicted molar refractivity (Wildman–Crippen MR) is 116 cm³/mol. The minimum absolute atomic E-state index is 0.210. The van der Waals surface area contributed by atoms with Gasteiger partial charge in [-0.05, 0) is 49.4 Å². The molecule has 2 aromatic carbocycles. The number of hydrogen-bond acceptors (Lipinski definition) is 7. The summed E-state index contributed by atoms with van der Waals surface area (Å²) in [4.78, 5) is 17.1. The number of rotatable bonds is 6. The lowest BCUT2D eigenvalue weighted by molar-refractivity contribution is -0.118. The first-order valence-electron chi connectivity index (χ1n) is 9.66. The highest BCUT2D eigenvalue weighted by atomic mass is 32.1. The number of fused-ring (bicyclic) bond motifs is 1. The molecule has 0 saturated heterocycles. The maximum absolute atomic E-state index is 13.0. The van der Waals surface area contributed by atoms with Gasteiger partial charge in [0.05, 0.1) is 11.4 Å². The second-order valence-electron chi connectivity index (χ2n) is 6.96. The Labute approximate surface area is 186 Å². The van der Waals surface area contributed by atoms with Crippen LogP contribution in [-0.4, -0.2) is 34.1 Å². The van der Waals surface area contributed by atoms with E-state index in [0.29, 0.717) is 28.2 Å².